The summed E-state index contributed by atoms with van der Waals surface area (Å²) in [7, 11) is -4.20. The Morgan fingerprint density at radius 3 is 2.46 bits per heavy atom. The van der Waals surface area contributed by atoms with Crippen LogP contribution in [0, 0.1) is 12.7 Å². The number of carbonyl (C=O) groups is 2. The minimum atomic E-state index is -4.20. The number of halogens is 2. The number of hydrogen-bond acceptors (Lipinski definition) is 6. The minimum absolute atomic E-state index is 0.0929. The van der Waals surface area contributed by atoms with E-state index in [0.717, 1.165) is 4.68 Å². The lowest BCUT2D eigenvalue weighted by atomic mass is 10.2. The third-order valence-electron chi connectivity index (χ3n) is 6.10. The summed E-state index contributed by atoms with van der Waals surface area (Å²) in [6.07, 6.45) is 0.499. The van der Waals surface area contributed by atoms with Crippen molar-refractivity contribution in [3.8, 4) is 17.3 Å². The molecular weight excluding hydrogens is 575 g/mol. The maximum absolute atomic E-state index is 13.6. The van der Waals surface area contributed by atoms with Gasteiger partial charge in [0.2, 0.25) is 15.9 Å². The van der Waals surface area contributed by atoms with Gasteiger partial charge in [-0.25, -0.2) is 22.3 Å². The summed E-state index contributed by atoms with van der Waals surface area (Å²) in [5.41, 5.74) is 0.474. The predicted molar refractivity (Wildman–Crippen MR) is 151 cm³/mol. The Kier molecular flexibility index (Phi) is 8.76. The van der Waals surface area contributed by atoms with Crippen molar-refractivity contribution in [1.82, 2.24) is 14.5 Å². The number of nitrogens with zero attached hydrogens (tertiary/aromatic N) is 2. The van der Waals surface area contributed by atoms with E-state index in [-0.39, 0.29) is 44.7 Å². The molecule has 0 fully saturated rings. The monoisotopic (exact) mass is 600 g/mol. The molecule has 0 unspecified atom stereocenters. The van der Waals surface area contributed by atoms with Gasteiger partial charge in [0, 0.05) is 27.9 Å². The fraction of sp³-hybridized carbons (Fsp3) is 0.179. The van der Waals surface area contributed by atoms with Crippen LogP contribution in [-0.4, -0.2) is 41.2 Å². The largest absolute Gasteiger partial charge is 0.476 e. The molecule has 0 aliphatic carbocycles. The molecule has 0 saturated carbocycles. The molecule has 0 aliphatic heterocycles. The molecule has 0 spiro atoms. The fourth-order valence-electron chi connectivity index (χ4n) is 3.79. The highest BCUT2D eigenvalue weighted by atomic mass is 35.5. The van der Waals surface area contributed by atoms with E-state index >= 15 is 0 Å². The van der Waals surface area contributed by atoms with Crippen molar-refractivity contribution < 1.29 is 32.2 Å². The summed E-state index contributed by atoms with van der Waals surface area (Å²) in [4.78, 5) is 24.3. The summed E-state index contributed by atoms with van der Waals surface area (Å²) in [5, 5.41) is 16.8. The standard InChI is InChI=1S/C28H26ClFN4O6S/c1-4-16(2)33-41(38,39)24-15-21(31-26(35)18-6-5-7-19(29)14-18)10-13-23(24)40-27-17(3)25(28(36)37)32-34(27)22-11-8-20(30)9-12-22/h5-16,33H,4H2,1-3H3,(H,31,35)(H,36,37)/t16-/m1/s1. The van der Waals surface area contributed by atoms with E-state index in [1.165, 1.54) is 55.5 Å². The molecule has 1 aromatic heterocycles. The lowest BCUT2D eigenvalue weighted by molar-refractivity contribution is 0.0689. The third-order valence-corrected chi connectivity index (χ3v) is 7.94. The molecule has 41 heavy (non-hydrogen) atoms. The number of nitrogens with one attached hydrogen (secondary N) is 2. The first kappa shape index (κ1) is 29.7. The second-order valence-corrected chi connectivity index (χ2v) is 11.2. The number of amides is 1. The number of sulfonamides is 1. The highest BCUT2D eigenvalue weighted by Crippen LogP contribution is 2.35. The van der Waals surface area contributed by atoms with E-state index in [1.54, 1.807) is 25.1 Å². The molecule has 214 valence electrons. The van der Waals surface area contributed by atoms with Crippen LogP contribution >= 0.6 is 11.6 Å². The fourth-order valence-corrected chi connectivity index (χ4v) is 5.46. The summed E-state index contributed by atoms with van der Waals surface area (Å²) in [6, 6.07) is 14.9. The summed E-state index contributed by atoms with van der Waals surface area (Å²) in [5.74, 6) is -2.62. The first-order valence-corrected chi connectivity index (χ1v) is 14.3. The van der Waals surface area contributed by atoms with Gasteiger partial charge in [0.1, 0.15) is 16.5 Å². The number of ether oxygens (including phenoxy) is 1. The molecule has 0 aliphatic rings. The number of carboxylic acid groups (broad SMARTS) is 1. The molecule has 1 amide bonds. The zero-order chi connectivity index (χ0) is 29.9. The Labute approximate surface area is 240 Å². The van der Waals surface area contributed by atoms with Crippen LogP contribution in [0.25, 0.3) is 5.69 Å². The quantitative estimate of drug-likeness (QED) is 0.209. The molecule has 1 heterocycles. The van der Waals surface area contributed by atoms with Crippen LogP contribution in [-0.2, 0) is 10.0 Å². The molecule has 0 radical (unpaired) electrons. The van der Waals surface area contributed by atoms with E-state index in [1.807, 2.05) is 6.92 Å². The van der Waals surface area contributed by atoms with Crippen molar-refractivity contribution in [2.75, 3.05) is 5.32 Å². The topological polar surface area (TPSA) is 140 Å². The molecule has 13 heteroatoms. The summed E-state index contributed by atoms with van der Waals surface area (Å²) < 4.78 is 50.3. The van der Waals surface area contributed by atoms with Gasteiger partial charge in [-0.2, -0.15) is 9.78 Å². The van der Waals surface area contributed by atoms with Crippen molar-refractivity contribution in [2.24, 2.45) is 0 Å². The zero-order valence-corrected chi connectivity index (χ0v) is 23.8. The zero-order valence-electron chi connectivity index (χ0n) is 22.2. The number of aromatic carboxylic acids is 1. The first-order valence-electron chi connectivity index (χ1n) is 12.4. The number of rotatable bonds is 10. The molecular formula is C28H26ClFN4O6S. The van der Waals surface area contributed by atoms with Crippen LogP contribution in [0.5, 0.6) is 11.6 Å². The Morgan fingerprint density at radius 1 is 1.12 bits per heavy atom. The molecule has 4 aromatic rings. The number of anilines is 1. The van der Waals surface area contributed by atoms with E-state index in [2.05, 4.69) is 15.1 Å². The molecule has 0 saturated heterocycles. The summed E-state index contributed by atoms with van der Waals surface area (Å²) in [6.45, 7) is 4.96. The average molecular weight is 601 g/mol. The van der Waals surface area contributed by atoms with Crippen molar-refractivity contribution in [3.63, 3.8) is 0 Å². The van der Waals surface area contributed by atoms with Crippen molar-refractivity contribution in [1.29, 1.82) is 0 Å². The first-order chi connectivity index (χ1) is 19.4. The van der Waals surface area contributed by atoms with Gasteiger partial charge >= 0.3 is 5.97 Å². The lowest BCUT2D eigenvalue weighted by Crippen LogP contribution is -2.32. The van der Waals surface area contributed by atoms with Crippen molar-refractivity contribution in [2.45, 2.75) is 38.1 Å². The molecule has 4 rings (SSSR count). The second-order valence-electron chi connectivity index (χ2n) is 9.13. The lowest BCUT2D eigenvalue weighted by Gasteiger charge is -2.17. The summed E-state index contributed by atoms with van der Waals surface area (Å²) >= 11 is 5.99. The SMILES string of the molecule is CC[C@@H](C)NS(=O)(=O)c1cc(NC(=O)c2cccc(Cl)c2)ccc1Oc1c(C)c(C(=O)O)nn1-c1ccc(F)cc1. The van der Waals surface area contributed by atoms with Gasteiger partial charge in [0.05, 0.1) is 5.69 Å². The molecule has 3 aromatic carbocycles. The van der Waals surface area contributed by atoms with Gasteiger partial charge in [0.25, 0.3) is 5.91 Å². The Bertz CT molecular complexity index is 1720. The maximum Gasteiger partial charge on any atom is 0.356 e. The molecule has 3 N–H and O–H groups in total. The number of hydrogen-bond donors (Lipinski definition) is 3. The number of carboxylic acids is 1. The van der Waals surface area contributed by atoms with Gasteiger partial charge in [-0.3, -0.25) is 4.79 Å². The van der Waals surface area contributed by atoms with Crippen LogP contribution in [0.2, 0.25) is 5.02 Å². The van der Waals surface area contributed by atoms with Gasteiger partial charge in [0.15, 0.2) is 5.69 Å². The number of benzene rings is 3. The highest BCUT2D eigenvalue weighted by Gasteiger charge is 2.27. The molecule has 0 bridgehead atoms. The van der Waals surface area contributed by atoms with Gasteiger partial charge in [-0.05, 0) is 80.9 Å². The minimum Gasteiger partial charge on any atom is -0.476 e. The normalized spacial score (nSPS) is 12.1. The van der Waals surface area contributed by atoms with Crippen molar-refractivity contribution >= 4 is 39.2 Å². The van der Waals surface area contributed by atoms with Crippen LogP contribution in [0.1, 0.15) is 46.7 Å². The highest BCUT2D eigenvalue weighted by molar-refractivity contribution is 7.89. The van der Waals surface area contributed by atoms with Crippen LogP contribution < -0.4 is 14.8 Å². The Morgan fingerprint density at radius 2 is 1.83 bits per heavy atom. The van der Waals surface area contributed by atoms with Gasteiger partial charge < -0.3 is 15.2 Å². The number of carbonyl (C=O) groups excluding carboxylic acids is 1. The van der Waals surface area contributed by atoms with Crippen LogP contribution in [0.4, 0.5) is 10.1 Å². The number of aromatic nitrogens is 2. The second kappa shape index (κ2) is 12.1. The Balaban J connectivity index is 1.81. The van der Waals surface area contributed by atoms with Crippen molar-refractivity contribution in [3.05, 3.63) is 94.4 Å². The van der Waals surface area contributed by atoms with Crippen LogP contribution in [0.3, 0.4) is 0 Å². The molecule has 10 nitrogen and oxygen atoms in total. The van der Waals surface area contributed by atoms with E-state index < -0.39 is 33.8 Å². The molecule has 1 atom stereocenters. The predicted octanol–water partition coefficient (Wildman–Crippen LogP) is 5.79. The smallest absolute Gasteiger partial charge is 0.356 e. The van der Waals surface area contributed by atoms with Gasteiger partial charge in [-0.1, -0.05) is 24.6 Å². The van der Waals surface area contributed by atoms with Crippen LogP contribution in [0.15, 0.2) is 71.6 Å². The Hall–Kier alpha value is -4.26. The van der Waals surface area contributed by atoms with E-state index in [4.69, 9.17) is 16.3 Å². The third kappa shape index (κ3) is 6.73. The van der Waals surface area contributed by atoms with Gasteiger partial charge in [-0.15, -0.1) is 0 Å². The van der Waals surface area contributed by atoms with E-state index in [9.17, 15) is 27.5 Å². The maximum atomic E-state index is 13.6. The average Bonchev–Trinajstić information content (AvgIpc) is 3.25. The van der Waals surface area contributed by atoms with E-state index in [0.29, 0.717) is 11.4 Å².